The van der Waals surface area contributed by atoms with Crippen LogP contribution in [0.4, 0.5) is 0 Å². The number of hydrogen-bond acceptors (Lipinski definition) is 2. The maximum absolute atomic E-state index is 9.77. The third-order valence-corrected chi connectivity index (χ3v) is 1.64. The van der Waals surface area contributed by atoms with Crippen molar-refractivity contribution in [2.24, 2.45) is 0 Å². The molecular formula is C10H12O2. The summed E-state index contributed by atoms with van der Waals surface area (Å²) in [5, 5.41) is 0. The fraction of sp³-hybridized carbons (Fsp3) is 0.300. The Bertz CT molecular complexity index is 224. The molecule has 64 valence electrons. The molecule has 0 N–H and O–H groups in total. The summed E-state index contributed by atoms with van der Waals surface area (Å²) in [6.07, 6.45) is 12.3. The van der Waals surface area contributed by atoms with Crippen molar-refractivity contribution in [2.45, 2.75) is 12.8 Å². The van der Waals surface area contributed by atoms with Crippen molar-refractivity contribution in [3.63, 3.8) is 0 Å². The predicted octanol–water partition coefficient (Wildman–Crippen LogP) is 1.99. The maximum atomic E-state index is 9.77. The molecular weight excluding hydrogens is 152 g/mol. The standard InChI is InChI=1S/C10H12O2/c11-9-12-8-4-7-10-5-2-1-3-6-10/h1-2,4-5,7,9H,3,6,8H2/b7-4-. The Morgan fingerprint density at radius 1 is 1.58 bits per heavy atom. The summed E-state index contributed by atoms with van der Waals surface area (Å²) < 4.78 is 4.51. The molecule has 0 atom stereocenters. The van der Waals surface area contributed by atoms with Gasteiger partial charge < -0.3 is 4.74 Å². The van der Waals surface area contributed by atoms with E-state index < -0.39 is 0 Å². The van der Waals surface area contributed by atoms with Gasteiger partial charge in [-0.3, -0.25) is 4.79 Å². The van der Waals surface area contributed by atoms with Gasteiger partial charge in [-0.2, -0.15) is 0 Å². The molecule has 0 spiro atoms. The van der Waals surface area contributed by atoms with Crippen molar-refractivity contribution in [3.8, 4) is 0 Å². The number of carbonyl (C=O) groups excluding carboxylic acids is 1. The van der Waals surface area contributed by atoms with Crippen molar-refractivity contribution in [3.05, 3.63) is 36.0 Å². The van der Waals surface area contributed by atoms with Crippen molar-refractivity contribution in [2.75, 3.05) is 6.61 Å². The minimum atomic E-state index is 0.366. The van der Waals surface area contributed by atoms with E-state index in [-0.39, 0.29) is 0 Å². The number of rotatable bonds is 4. The lowest BCUT2D eigenvalue weighted by atomic mass is 10.1. The summed E-state index contributed by atoms with van der Waals surface area (Å²) in [7, 11) is 0. The quantitative estimate of drug-likeness (QED) is 0.469. The molecule has 0 amide bonds. The second-order valence-electron chi connectivity index (χ2n) is 2.54. The van der Waals surface area contributed by atoms with Crippen LogP contribution >= 0.6 is 0 Å². The first-order valence-corrected chi connectivity index (χ1v) is 4.01. The van der Waals surface area contributed by atoms with Gasteiger partial charge in [-0.15, -0.1) is 0 Å². The first kappa shape index (κ1) is 8.78. The van der Waals surface area contributed by atoms with E-state index in [0.717, 1.165) is 12.8 Å². The highest BCUT2D eigenvalue weighted by atomic mass is 16.5. The molecule has 0 heterocycles. The van der Waals surface area contributed by atoms with Crippen LogP contribution in [0.25, 0.3) is 0 Å². The monoisotopic (exact) mass is 164 g/mol. The third kappa shape index (κ3) is 3.19. The van der Waals surface area contributed by atoms with Crippen LogP contribution in [0.15, 0.2) is 36.0 Å². The molecule has 0 aliphatic heterocycles. The first-order valence-electron chi connectivity index (χ1n) is 4.01. The van der Waals surface area contributed by atoms with Crippen LogP contribution in [-0.4, -0.2) is 13.1 Å². The van der Waals surface area contributed by atoms with Crippen molar-refractivity contribution in [1.82, 2.24) is 0 Å². The SMILES string of the molecule is O=COC/C=C\C1=CC=CCC1. The minimum Gasteiger partial charge on any atom is -0.464 e. The van der Waals surface area contributed by atoms with E-state index in [4.69, 9.17) is 0 Å². The number of allylic oxidation sites excluding steroid dienone is 5. The summed E-state index contributed by atoms with van der Waals surface area (Å²) in [5.41, 5.74) is 1.28. The second kappa shape index (κ2) is 5.35. The molecule has 0 aromatic rings. The Balaban J connectivity index is 2.29. The fourth-order valence-electron chi connectivity index (χ4n) is 1.05. The average molecular weight is 164 g/mol. The number of hydrogen-bond donors (Lipinski definition) is 0. The van der Waals surface area contributed by atoms with Gasteiger partial charge in [-0.05, 0) is 24.5 Å². The highest BCUT2D eigenvalue weighted by Crippen LogP contribution is 2.12. The van der Waals surface area contributed by atoms with Gasteiger partial charge in [0.05, 0.1) is 0 Å². The van der Waals surface area contributed by atoms with E-state index in [1.165, 1.54) is 5.57 Å². The lowest BCUT2D eigenvalue weighted by Crippen LogP contribution is -1.87. The van der Waals surface area contributed by atoms with Crippen LogP contribution in [0.3, 0.4) is 0 Å². The number of carbonyl (C=O) groups is 1. The van der Waals surface area contributed by atoms with Crippen LogP contribution in [0, 0.1) is 0 Å². The van der Waals surface area contributed by atoms with E-state index >= 15 is 0 Å². The third-order valence-electron chi connectivity index (χ3n) is 1.64. The van der Waals surface area contributed by atoms with E-state index in [0.29, 0.717) is 13.1 Å². The Morgan fingerprint density at radius 3 is 3.17 bits per heavy atom. The summed E-state index contributed by atoms with van der Waals surface area (Å²) >= 11 is 0. The van der Waals surface area contributed by atoms with Crippen LogP contribution in [-0.2, 0) is 9.53 Å². The molecule has 2 heteroatoms. The molecule has 0 aromatic carbocycles. The Morgan fingerprint density at radius 2 is 2.50 bits per heavy atom. The molecule has 0 bridgehead atoms. The molecule has 0 unspecified atom stereocenters. The van der Waals surface area contributed by atoms with Gasteiger partial charge in [0.25, 0.3) is 6.47 Å². The van der Waals surface area contributed by atoms with Crippen molar-refractivity contribution >= 4 is 6.47 Å². The zero-order chi connectivity index (χ0) is 8.65. The predicted molar refractivity (Wildman–Crippen MR) is 47.6 cm³/mol. The summed E-state index contributed by atoms with van der Waals surface area (Å²) in [5.74, 6) is 0. The number of ether oxygens (including phenoxy) is 1. The normalized spacial score (nSPS) is 16.2. The van der Waals surface area contributed by atoms with Gasteiger partial charge in [-0.25, -0.2) is 0 Å². The Kier molecular flexibility index (Phi) is 3.92. The van der Waals surface area contributed by atoms with Gasteiger partial charge in [0.2, 0.25) is 0 Å². The van der Waals surface area contributed by atoms with Gasteiger partial charge in [-0.1, -0.05) is 24.3 Å². The summed E-state index contributed by atoms with van der Waals surface area (Å²) in [4.78, 5) is 9.77. The smallest absolute Gasteiger partial charge is 0.293 e. The van der Waals surface area contributed by atoms with Gasteiger partial charge in [0.1, 0.15) is 6.61 Å². The van der Waals surface area contributed by atoms with Gasteiger partial charge in [0, 0.05) is 0 Å². The molecule has 0 saturated carbocycles. The van der Waals surface area contributed by atoms with E-state index in [2.05, 4.69) is 16.9 Å². The van der Waals surface area contributed by atoms with Gasteiger partial charge >= 0.3 is 0 Å². The first-order chi connectivity index (χ1) is 5.93. The molecule has 0 aromatic heterocycles. The summed E-state index contributed by atoms with van der Waals surface area (Å²) in [6, 6.07) is 0. The van der Waals surface area contributed by atoms with Crippen LogP contribution < -0.4 is 0 Å². The molecule has 1 aliphatic rings. The molecule has 1 aliphatic carbocycles. The molecule has 2 nitrogen and oxygen atoms in total. The molecule has 0 fully saturated rings. The fourth-order valence-corrected chi connectivity index (χ4v) is 1.05. The zero-order valence-electron chi connectivity index (χ0n) is 6.90. The maximum Gasteiger partial charge on any atom is 0.293 e. The van der Waals surface area contributed by atoms with Gasteiger partial charge in [0.15, 0.2) is 0 Å². The molecule has 1 rings (SSSR count). The van der Waals surface area contributed by atoms with Crippen molar-refractivity contribution in [1.29, 1.82) is 0 Å². The largest absolute Gasteiger partial charge is 0.464 e. The Hall–Kier alpha value is -1.31. The summed E-state index contributed by atoms with van der Waals surface area (Å²) in [6.45, 7) is 0.823. The highest BCUT2D eigenvalue weighted by Gasteiger charge is 1.93. The lowest BCUT2D eigenvalue weighted by Gasteiger charge is -2.02. The van der Waals surface area contributed by atoms with Crippen LogP contribution in [0.2, 0.25) is 0 Å². The molecule has 0 saturated heterocycles. The molecule has 0 radical (unpaired) electrons. The van der Waals surface area contributed by atoms with Crippen LogP contribution in [0.5, 0.6) is 0 Å². The average Bonchev–Trinajstić information content (AvgIpc) is 2.14. The van der Waals surface area contributed by atoms with Crippen LogP contribution in [0.1, 0.15) is 12.8 Å². The highest BCUT2D eigenvalue weighted by molar-refractivity contribution is 5.37. The minimum absolute atomic E-state index is 0.366. The van der Waals surface area contributed by atoms with E-state index in [9.17, 15) is 4.79 Å². The zero-order valence-corrected chi connectivity index (χ0v) is 6.90. The topological polar surface area (TPSA) is 26.3 Å². The second-order valence-corrected chi connectivity index (χ2v) is 2.54. The lowest BCUT2D eigenvalue weighted by molar-refractivity contribution is -0.127. The molecule has 12 heavy (non-hydrogen) atoms. The Labute approximate surface area is 72.2 Å². The van der Waals surface area contributed by atoms with E-state index in [1.54, 1.807) is 0 Å². The van der Waals surface area contributed by atoms with Crippen molar-refractivity contribution < 1.29 is 9.53 Å². The van der Waals surface area contributed by atoms with E-state index in [1.807, 2.05) is 18.2 Å².